The summed E-state index contributed by atoms with van der Waals surface area (Å²) in [5.74, 6) is -17.2. The van der Waals surface area contributed by atoms with Gasteiger partial charge in [0.05, 0.1) is 6.04 Å². The molecule has 3 fully saturated rings. The number of nitrogens with two attached hydrogens (primary N) is 8. The van der Waals surface area contributed by atoms with E-state index in [1.807, 2.05) is 0 Å². The number of carboxylic acid groups (broad SMARTS) is 2. The highest BCUT2D eigenvalue weighted by Crippen LogP contribution is 2.26. The SMILES string of the molecule is CC(C)[C@H](NC(=O)[C@H](CCCCN)NC(=O)[C@@H](CCCN=C(N)N)NC(=O)[C@@H]1CCCN1C(=O)[C@H](CCCCN)NC(=O)[C@H](C)NC(=O)[C@H](CCC(N)=O)NC(=O)[C@@H]1CCCN1C(=O)[C@@H](NC(=O)[C@@H]1CCCN1C(=O)[C@H](CCC(=O)O)NC(=O)[C@@H](N)CCCCN)C(C)C)C(=O)N[C@@H](C)C(=O)N[C@@H](C)C(=O)N[C@@H](CCC(N)=O)C(=O)O. The molecule has 3 aliphatic rings. The van der Waals surface area contributed by atoms with Crippen molar-refractivity contribution in [3.05, 3.63) is 0 Å². The average Bonchev–Trinajstić information content (AvgIpc) is 1.63. The van der Waals surface area contributed by atoms with E-state index < -0.39 is 222 Å². The number of likely N-dealkylation sites (tertiary alicyclic amines) is 3. The predicted molar refractivity (Wildman–Crippen MR) is 420 cm³/mol. The highest BCUT2D eigenvalue weighted by molar-refractivity contribution is 6.01. The van der Waals surface area contributed by atoms with Gasteiger partial charge in [0.1, 0.15) is 84.6 Å². The van der Waals surface area contributed by atoms with E-state index >= 15 is 0 Å². The molecule has 16 amide bonds. The first-order valence-corrected chi connectivity index (χ1v) is 39.9. The first-order chi connectivity index (χ1) is 54.7. The van der Waals surface area contributed by atoms with E-state index in [1.54, 1.807) is 27.7 Å². The maximum absolute atomic E-state index is 14.8. The maximum Gasteiger partial charge on any atom is 0.326 e. The summed E-state index contributed by atoms with van der Waals surface area (Å²) < 4.78 is 0. The molecule has 0 unspecified atom stereocenters. The smallest absolute Gasteiger partial charge is 0.326 e. The van der Waals surface area contributed by atoms with Crippen LogP contribution < -0.4 is 104 Å². The van der Waals surface area contributed by atoms with Crippen molar-refractivity contribution < 1.29 is 96.5 Å². The molecular weight excluding hydrogens is 1520 g/mol. The lowest BCUT2D eigenvalue weighted by atomic mass is 10.0. The van der Waals surface area contributed by atoms with Crippen LogP contribution in [0.4, 0.5) is 0 Å². The van der Waals surface area contributed by atoms with E-state index in [0.717, 1.165) is 0 Å². The zero-order valence-corrected chi connectivity index (χ0v) is 67.7. The lowest BCUT2D eigenvalue weighted by Crippen LogP contribution is -2.61. The molecule has 3 rings (SSSR count). The minimum Gasteiger partial charge on any atom is -0.481 e. The third kappa shape index (κ3) is 33.4. The lowest BCUT2D eigenvalue weighted by Gasteiger charge is -2.33. The van der Waals surface area contributed by atoms with E-state index in [2.05, 4.69) is 63.5 Å². The standard InChI is InChI=1S/C73H127N23O20/c1-38(2)56(68(111)85-40(5)58(101)83-41(6)60(103)91-49(72(115)116)26-29-54(79)98)92-64(107)44(19-9-12-32-75)86-63(106)45(21-14-34-82-73(80)81)87-65(108)50-22-15-35-94(50)69(112)47(20-10-13-33-76)89-59(102)42(7)84-62(105)46(25-28-53(78)97)88-66(109)51-23-17-37-96(51)71(114)57(39(3)4)93-67(110)52-24-16-36-95(52)70(113)48(27-30-55(99)100)90-61(104)43(77)18-8-11-31-74/h38-52,56-57H,8-37,74-77H2,1-7H3,(H2,78,97)(H2,79,98)(H,83,101)(H,84,105)(H,85,111)(H,86,106)(H,87,108)(H,88,109)(H,89,102)(H,90,104)(H,91,103)(H,92,107)(H,93,110)(H,99,100)(H,115,116)(H4,80,81,82)/t40-,41-,42-,43-,44-,45+,46-,47-,48-,49-,50-,51-,52-,56-,57-/m0/s1. The summed E-state index contributed by atoms with van der Waals surface area (Å²) in [6.07, 6.45) is 1.64. The molecule has 0 radical (unpaired) electrons. The Hall–Kier alpha value is -10.4. The molecule has 3 heterocycles. The molecule has 3 saturated heterocycles. The Morgan fingerprint density at radius 2 is 0.707 bits per heavy atom. The van der Waals surface area contributed by atoms with Crippen LogP contribution in [0, 0.1) is 11.8 Å². The zero-order valence-electron chi connectivity index (χ0n) is 67.7. The van der Waals surface area contributed by atoms with Gasteiger partial charge in [-0.3, -0.25) is 86.5 Å². The number of hydrogen-bond donors (Lipinski definition) is 21. The Morgan fingerprint density at radius 1 is 0.362 bits per heavy atom. The van der Waals surface area contributed by atoms with Crippen LogP contribution in [-0.2, 0) is 86.3 Å². The summed E-state index contributed by atoms with van der Waals surface area (Å²) in [5.41, 5.74) is 45.1. The average molecular weight is 1650 g/mol. The van der Waals surface area contributed by atoms with Crippen LogP contribution in [-0.4, -0.2) is 274 Å². The molecule has 0 aromatic heterocycles. The number of carboxylic acids is 2. The number of hydrogen-bond acceptors (Lipinski definition) is 23. The molecule has 0 aromatic rings. The molecular formula is C73H127N23O20. The first-order valence-electron chi connectivity index (χ1n) is 39.9. The molecule has 15 atom stereocenters. The fourth-order valence-corrected chi connectivity index (χ4v) is 13.4. The van der Waals surface area contributed by atoms with Gasteiger partial charge in [0.2, 0.25) is 94.5 Å². The number of aliphatic imine (C=N–C) groups is 1. The summed E-state index contributed by atoms with van der Waals surface area (Å²) in [7, 11) is 0. The predicted octanol–water partition coefficient (Wildman–Crippen LogP) is -7.09. The van der Waals surface area contributed by atoms with Gasteiger partial charge < -0.3 is 129 Å². The zero-order chi connectivity index (χ0) is 87.2. The second-order valence-electron chi connectivity index (χ2n) is 30.3. The largest absolute Gasteiger partial charge is 0.481 e. The van der Waals surface area contributed by atoms with Crippen LogP contribution in [0.15, 0.2) is 4.99 Å². The Balaban J connectivity index is 1.82. The Morgan fingerprint density at radius 3 is 1.16 bits per heavy atom. The molecule has 0 bridgehead atoms. The number of guanidine groups is 1. The molecule has 0 saturated carbocycles. The minimum atomic E-state index is -1.54. The van der Waals surface area contributed by atoms with Crippen LogP contribution in [0.25, 0.3) is 0 Å². The van der Waals surface area contributed by atoms with Crippen molar-refractivity contribution in [1.29, 1.82) is 0 Å². The van der Waals surface area contributed by atoms with Crippen molar-refractivity contribution in [2.45, 2.75) is 287 Å². The van der Waals surface area contributed by atoms with E-state index in [9.17, 15) is 96.5 Å². The normalized spacial score (nSPS) is 18.3. The van der Waals surface area contributed by atoms with Crippen LogP contribution in [0.5, 0.6) is 0 Å². The molecule has 29 N–H and O–H groups in total. The lowest BCUT2D eigenvalue weighted by molar-refractivity contribution is -0.145. The molecule has 0 spiro atoms. The van der Waals surface area contributed by atoms with Gasteiger partial charge >= 0.3 is 11.9 Å². The number of nitrogens with one attached hydrogen (secondary N) is 11. The number of amides is 16. The highest BCUT2D eigenvalue weighted by Gasteiger charge is 2.45. The molecule has 0 aromatic carbocycles. The van der Waals surface area contributed by atoms with Gasteiger partial charge in [-0.25, -0.2) is 4.79 Å². The monoisotopic (exact) mass is 1650 g/mol. The summed E-state index contributed by atoms with van der Waals surface area (Å²) in [4.78, 5) is 252. The second-order valence-corrected chi connectivity index (χ2v) is 30.3. The maximum atomic E-state index is 14.8. The number of carbonyl (C=O) groups is 18. The second kappa shape index (κ2) is 50.8. The third-order valence-electron chi connectivity index (χ3n) is 20.1. The van der Waals surface area contributed by atoms with Crippen LogP contribution in [0.1, 0.15) is 196 Å². The topological polar surface area (TPSA) is 710 Å². The fourth-order valence-electron chi connectivity index (χ4n) is 13.4. The van der Waals surface area contributed by atoms with Gasteiger partial charge in [0.15, 0.2) is 5.96 Å². The van der Waals surface area contributed by atoms with Gasteiger partial charge in [0.25, 0.3) is 0 Å². The van der Waals surface area contributed by atoms with E-state index in [4.69, 9.17) is 45.9 Å². The Labute approximate surface area is 674 Å². The molecule has 654 valence electrons. The van der Waals surface area contributed by atoms with Crippen molar-refractivity contribution in [1.82, 2.24) is 73.2 Å². The van der Waals surface area contributed by atoms with E-state index in [0.29, 0.717) is 45.1 Å². The van der Waals surface area contributed by atoms with Crippen LogP contribution in [0.2, 0.25) is 0 Å². The Kier molecular flexibility index (Phi) is 43.7. The van der Waals surface area contributed by atoms with Crippen LogP contribution in [0.3, 0.4) is 0 Å². The highest BCUT2D eigenvalue weighted by atomic mass is 16.4. The van der Waals surface area contributed by atoms with Gasteiger partial charge in [-0.1, -0.05) is 34.1 Å². The van der Waals surface area contributed by atoms with E-state index in [-0.39, 0.29) is 142 Å². The quantitative estimate of drug-likeness (QED) is 0.0153. The van der Waals surface area contributed by atoms with Gasteiger partial charge in [-0.05, 0) is 174 Å². The Bertz CT molecular complexity index is 3440. The van der Waals surface area contributed by atoms with Gasteiger partial charge in [-0.15, -0.1) is 0 Å². The summed E-state index contributed by atoms with van der Waals surface area (Å²) in [6.45, 7) is 11.2. The van der Waals surface area contributed by atoms with Crippen molar-refractivity contribution in [3.63, 3.8) is 0 Å². The van der Waals surface area contributed by atoms with Crippen molar-refractivity contribution in [3.8, 4) is 0 Å². The number of unbranched alkanes of at least 4 members (excludes halogenated alkanes) is 3. The van der Waals surface area contributed by atoms with Gasteiger partial charge in [0, 0.05) is 45.4 Å². The summed E-state index contributed by atoms with van der Waals surface area (Å²) >= 11 is 0. The molecule has 0 aliphatic carbocycles. The number of nitrogens with zero attached hydrogens (tertiary/aromatic N) is 4. The van der Waals surface area contributed by atoms with E-state index in [1.165, 1.54) is 35.5 Å². The van der Waals surface area contributed by atoms with Crippen molar-refractivity contribution >= 4 is 112 Å². The number of carbonyl (C=O) groups excluding carboxylic acids is 16. The molecule has 116 heavy (non-hydrogen) atoms. The van der Waals surface area contributed by atoms with Crippen molar-refractivity contribution in [2.24, 2.45) is 62.7 Å². The fraction of sp³-hybridized carbons (Fsp3) is 0.740. The van der Waals surface area contributed by atoms with Crippen LogP contribution >= 0.6 is 0 Å². The van der Waals surface area contributed by atoms with Gasteiger partial charge in [-0.2, -0.15) is 0 Å². The molecule has 43 nitrogen and oxygen atoms in total. The first kappa shape index (κ1) is 99.8. The number of rotatable bonds is 53. The molecule has 3 aliphatic heterocycles. The van der Waals surface area contributed by atoms with Crippen molar-refractivity contribution in [2.75, 3.05) is 45.8 Å². The minimum absolute atomic E-state index is 0.00650. The molecule has 43 heteroatoms. The summed E-state index contributed by atoms with van der Waals surface area (Å²) in [6, 6.07) is -19.9. The number of aliphatic carboxylic acids is 2. The number of primary amides is 2. The summed E-state index contributed by atoms with van der Waals surface area (Å²) in [5, 5.41) is 47.3. The third-order valence-corrected chi connectivity index (χ3v) is 20.1.